The number of halogens is 1. The van der Waals surface area contributed by atoms with Crippen LogP contribution in [-0.4, -0.2) is 17.6 Å². The highest BCUT2D eigenvalue weighted by atomic mass is 32.1. The molecule has 2 aromatic rings. The van der Waals surface area contributed by atoms with Gasteiger partial charge in [0.2, 0.25) is 0 Å². The Morgan fingerprint density at radius 1 is 1.40 bits per heavy atom. The average molecular weight is 294 g/mol. The van der Waals surface area contributed by atoms with Gasteiger partial charge in [0.15, 0.2) is 5.13 Å². The molecule has 1 N–H and O–H groups in total. The standard InChI is InChI=1S/C14H15FN2O2S/c1-2-19-13(18)7-12-9-20-14(17-12)16-8-10-3-5-11(15)6-4-10/h3-6,9H,2,7-8H2,1H3,(H,16,17). The third kappa shape index (κ3) is 4.31. The predicted molar refractivity (Wildman–Crippen MR) is 76.2 cm³/mol. The smallest absolute Gasteiger partial charge is 0.311 e. The fraction of sp³-hybridized carbons (Fsp3) is 0.286. The van der Waals surface area contributed by atoms with Crippen molar-refractivity contribution in [3.63, 3.8) is 0 Å². The predicted octanol–water partition coefficient (Wildman–Crippen LogP) is 3.00. The van der Waals surface area contributed by atoms with Gasteiger partial charge >= 0.3 is 5.97 Å². The van der Waals surface area contributed by atoms with Crippen molar-refractivity contribution in [2.75, 3.05) is 11.9 Å². The Kier molecular flexibility index (Phi) is 5.06. The Hall–Kier alpha value is -1.95. The number of hydrogen-bond donors (Lipinski definition) is 1. The number of hydrogen-bond acceptors (Lipinski definition) is 5. The van der Waals surface area contributed by atoms with Gasteiger partial charge < -0.3 is 10.1 Å². The molecule has 0 saturated carbocycles. The van der Waals surface area contributed by atoms with E-state index in [4.69, 9.17) is 4.74 Å². The number of nitrogens with zero attached hydrogens (tertiary/aromatic N) is 1. The Morgan fingerprint density at radius 2 is 2.15 bits per heavy atom. The Balaban J connectivity index is 1.86. The Labute approximate surface area is 120 Å². The monoisotopic (exact) mass is 294 g/mol. The molecule has 2 rings (SSSR count). The van der Waals surface area contributed by atoms with Crippen LogP contribution in [0.25, 0.3) is 0 Å². The maximum Gasteiger partial charge on any atom is 0.311 e. The van der Waals surface area contributed by atoms with Crippen LogP contribution in [0.2, 0.25) is 0 Å². The zero-order valence-corrected chi connectivity index (χ0v) is 11.9. The lowest BCUT2D eigenvalue weighted by atomic mass is 10.2. The van der Waals surface area contributed by atoms with Crippen molar-refractivity contribution in [2.45, 2.75) is 19.9 Å². The summed E-state index contributed by atoms with van der Waals surface area (Å²) in [6, 6.07) is 6.28. The molecule has 0 bridgehead atoms. The highest BCUT2D eigenvalue weighted by Crippen LogP contribution is 2.17. The fourth-order valence-electron chi connectivity index (χ4n) is 1.61. The van der Waals surface area contributed by atoms with Crippen molar-refractivity contribution in [3.8, 4) is 0 Å². The van der Waals surface area contributed by atoms with Gasteiger partial charge in [0, 0.05) is 11.9 Å². The molecular weight excluding hydrogens is 279 g/mol. The molecule has 0 aliphatic rings. The summed E-state index contributed by atoms with van der Waals surface area (Å²) in [5, 5.41) is 5.69. The number of carbonyl (C=O) groups is 1. The van der Waals surface area contributed by atoms with Crippen molar-refractivity contribution >= 4 is 22.4 Å². The number of esters is 1. The topological polar surface area (TPSA) is 51.2 Å². The maximum atomic E-state index is 12.8. The van der Waals surface area contributed by atoms with Crippen LogP contribution in [0.15, 0.2) is 29.6 Å². The van der Waals surface area contributed by atoms with Crippen LogP contribution in [-0.2, 0) is 22.5 Å². The summed E-state index contributed by atoms with van der Waals surface area (Å²) >= 11 is 1.43. The van der Waals surface area contributed by atoms with E-state index >= 15 is 0 Å². The molecule has 4 nitrogen and oxygen atoms in total. The maximum absolute atomic E-state index is 12.8. The molecule has 1 heterocycles. The van der Waals surface area contributed by atoms with Crippen LogP contribution in [0.4, 0.5) is 9.52 Å². The van der Waals surface area contributed by atoms with E-state index in [-0.39, 0.29) is 18.2 Å². The molecule has 0 spiro atoms. The molecule has 0 unspecified atom stereocenters. The molecule has 6 heteroatoms. The normalized spacial score (nSPS) is 10.3. The second kappa shape index (κ2) is 7.00. The second-order valence-electron chi connectivity index (χ2n) is 4.11. The molecule has 1 aromatic heterocycles. The molecule has 20 heavy (non-hydrogen) atoms. The van der Waals surface area contributed by atoms with Gasteiger partial charge in [-0.25, -0.2) is 9.37 Å². The van der Waals surface area contributed by atoms with Crippen molar-refractivity contribution in [3.05, 3.63) is 46.7 Å². The number of benzene rings is 1. The minimum atomic E-state index is -0.275. The quantitative estimate of drug-likeness (QED) is 0.832. The summed E-state index contributed by atoms with van der Waals surface area (Å²) in [4.78, 5) is 15.6. The molecule has 1 aromatic carbocycles. The van der Waals surface area contributed by atoms with E-state index in [1.165, 1.54) is 23.5 Å². The van der Waals surface area contributed by atoms with Gasteiger partial charge in [-0.15, -0.1) is 11.3 Å². The molecular formula is C14H15FN2O2S. The first kappa shape index (κ1) is 14.5. The van der Waals surface area contributed by atoms with Gasteiger partial charge in [-0.05, 0) is 24.6 Å². The molecule has 0 atom stereocenters. The average Bonchev–Trinajstić information content (AvgIpc) is 2.86. The zero-order chi connectivity index (χ0) is 14.4. The van der Waals surface area contributed by atoms with Gasteiger partial charge in [0.25, 0.3) is 0 Å². The van der Waals surface area contributed by atoms with Crippen LogP contribution >= 0.6 is 11.3 Å². The SMILES string of the molecule is CCOC(=O)Cc1csc(NCc2ccc(F)cc2)n1. The lowest BCUT2D eigenvalue weighted by Gasteiger charge is -2.02. The molecule has 0 aliphatic carbocycles. The number of aromatic nitrogens is 1. The van der Waals surface area contributed by atoms with Crippen LogP contribution in [0.5, 0.6) is 0 Å². The highest BCUT2D eigenvalue weighted by molar-refractivity contribution is 7.13. The third-order valence-corrected chi connectivity index (χ3v) is 3.39. The van der Waals surface area contributed by atoms with Gasteiger partial charge in [-0.2, -0.15) is 0 Å². The number of rotatable bonds is 6. The zero-order valence-electron chi connectivity index (χ0n) is 11.1. The van der Waals surface area contributed by atoms with Crippen LogP contribution < -0.4 is 5.32 Å². The number of carbonyl (C=O) groups excluding carboxylic acids is 1. The number of thiazole rings is 1. The van der Waals surface area contributed by atoms with Crippen molar-refractivity contribution in [2.24, 2.45) is 0 Å². The summed E-state index contributed by atoms with van der Waals surface area (Å²) in [7, 11) is 0. The molecule has 0 amide bonds. The first-order valence-corrected chi connectivity index (χ1v) is 7.13. The first-order valence-electron chi connectivity index (χ1n) is 6.25. The Bertz CT molecular complexity index is 569. The van der Waals surface area contributed by atoms with E-state index < -0.39 is 0 Å². The molecule has 106 valence electrons. The number of nitrogens with one attached hydrogen (secondary N) is 1. The summed E-state index contributed by atoms with van der Waals surface area (Å²) in [6.07, 6.45) is 0.183. The van der Waals surface area contributed by atoms with Crippen LogP contribution in [0.3, 0.4) is 0 Å². The van der Waals surface area contributed by atoms with Gasteiger partial charge in [-0.3, -0.25) is 4.79 Å². The summed E-state index contributed by atoms with van der Waals surface area (Å²) in [5.41, 5.74) is 1.66. The Morgan fingerprint density at radius 3 is 2.85 bits per heavy atom. The molecule has 0 radical (unpaired) electrons. The molecule has 0 fully saturated rings. The number of anilines is 1. The fourth-order valence-corrected chi connectivity index (χ4v) is 2.32. The van der Waals surface area contributed by atoms with Crippen LogP contribution in [0.1, 0.15) is 18.2 Å². The second-order valence-corrected chi connectivity index (χ2v) is 4.96. The summed E-state index contributed by atoms with van der Waals surface area (Å²) in [5.74, 6) is -0.525. The van der Waals surface area contributed by atoms with Gasteiger partial charge in [0.1, 0.15) is 5.82 Å². The van der Waals surface area contributed by atoms with Crippen molar-refractivity contribution in [1.29, 1.82) is 0 Å². The first-order chi connectivity index (χ1) is 9.67. The molecule has 0 aliphatic heterocycles. The van der Waals surface area contributed by atoms with Crippen LogP contribution in [0, 0.1) is 5.82 Å². The lowest BCUT2D eigenvalue weighted by Crippen LogP contribution is -2.07. The van der Waals surface area contributed by atoms with Gasteiger partial charge in [0.05, 0.1) is 18.7 Å². The van der Waals surface area contributed by atoms with E-state index in [2.05, 4.69) is 10.3 Å². The number of ether oxygens (including phenoxy) is 1. The van der Waals surface area contributed by atoms with E-state index in [0.29, 0.717) is 18.8 Å². The summed E-state index contributed by atoms with van der Waals surface area (Å²) < 4.78 is 17.6. The van der Waals surface area contributed by atoms with Crippen molar-refractivity contribution < 1.29 is 13.9 Å². The minimum Gasteiger partial charge on any atom is -0.466 e. The largest absolute Gasteiger partial charge is 0.466 e. The lowest BCUT2D eigenvalue weighted by molar-refractivity contribution is -0.142. The summed E-state index contributed by atoms with van der Waals surface area (Å²) in [6.45, 7) is 2.71. The van der Waals surface area contributed by atoms with E-state index in [0.717, 1.165) is 10.7 Å². The minimum absolute atomic E-state index is 0.183. The van der Waals surface area contributed by atoms with E-state index in [1.807, 2.05) is 5.38 Å². The van der Waals surface area contributed by atoms with E-state index in [1.54, 1.807) is 19.1 Å². The third-order valence-electron chi connectivity index (χ3n) is 2.54. The van der Waals surface area contributed by atoms with Gasteiger partial charge in [-0.1, -0.05) is 12.1 Å². The van der Waals surface area contributed by atoms with Crippen molar-refractivity contribution in [1.82, 2.24) is 4.98 Å². The highest BCUT2D eigenvalue weighted by Gasteiger charge is 2.08. The van der Waals surface area contributed by atoms with E-state index in [9.17, 15) is 9.18 Å². The molecule has 0 saturated heterocycles.